The van der Waals surface area contributed by atoms with Gasteiger partial charge in [-0.3, -0.25) is 25.2 Å². The molecular formula is C24H27N5O4S. The van der Waals surface area contributed by atoms with Gasteiger partial charge in [0.25, 0.3) is 11.8 Å². The lowest BCUT2D eigenvalue weighted by Gasteiger charge is -2.17. The van der Waals surface area contributed by atoms with E-state index < -0.39 is 17.9 Å². The van der Waals surface area contributed by atoms with Gasteiger partial charge in [0.05, 0.1) is 5.75 Å². The second-order valence-electron chi connectivity index (χ2n) is 7.64. The molecular weight excluding hydrogens is 454 g/mol. The Morgan fingerprint density at radius 1 is 1.09 bits per heavy atom. The van der Waals surface area contributed by atoms with E-state index in [0.717, 1.165) is 16.3 Å². The van der Waals surface area contributed by atoms with Gasteiger partial charge in [-0.25, -0.2) is 4.98 Å². The molecule has 0 fully saturated rings. The van der Waals surface area contributed by atoms with Gasteiger partial charge in [0.1, 0.15) is 5.75 Å². The SMILES string of the molecule is Cc1cccc(O[C@@H](C)C(=O)NNC(=O)c2ccc(NC(=O)CSc3nccn3C)cc2)c1C. The third-order valence-electron chi connectivity index (χ3n) is 5.07. The number of nitrogens with zero attached hydrogens (tertiary/aromatic N) is 2. The van der Waals surface area contributed by atoms with Crippen molar-refractivity contribution in [3.05, 3.63) is 71.5 Å². The molecule has 1 heterocycles. The van der Waals surface area contributed by atoms with E-state index in [-0.39, 0.29) is 11.7 Å². The lowest BCUT2D eigenvalue weighted by Crippen LogP contribution is -2.47. The number of imidazole rings is 1. The van der Waals surface area contributed by atoms with E-state index in [1.54, 1.807) is 43.5 Å². The Hall–Kier alpha value is -3.79. The number of thioether (sulfide) groups is 1. The van der Waals surface area contributed by atoms with Crippen LogP contribution >= 0.6 is 11.8 Å². The van der Waals surface area contributed by atoms with Gasteiger partial charge in [0.15, 0.2) is 11.3 Å². The monoisotopic (exact) mass is 481 g/mol. The summed E-state index contributed by atoms with van der Waals surface area (Å²) in [6, 6.07) is 12.0. The van der Waals surface area contributed by atoms with Crippen molar-refractivity contribution < 1.29 is 19.1 Å². The van der Waals surface area contributed by atoms with Crippen LogP contribution in [0.1, 0.15) is 28.4 Å². The Kier molecular flexibility index (Phi) is 8.31. The zero-order chi connectivity index (χ0) is 24.7. The van der Waals surface area contributed by atoms with Crippen molar-refractivity contribution in [1.82, 2.24) is 20.4 Å². The Morgan fingerprint density at radius 2 is 1.82 bits per heavy atom. The van der Waals surface area contributed by atoms with E-state index in [2.05, 4.69) is 21.2 Å². The number of hydrogen-bond acceptors (Lipinski definition) is 6. The Labute approximate surface area is 202 Å². The standard InChI is InChI=1S/C24H27N5O4S/c1-15-6-5-7-20(16(15)2)33-17(3)22(31)27-28-23(32)18-8-10-19(11-9-18)26-21(30)14-34-24-25-12-13-29(24)4/h5-13,17H,14H2,1-4H3,(H,26,30)(H,27,31)(H,28,32)/t17-/m0/s1. The first-order chi connectivity index (χ1) is 16.2. The van der Waals surface area contributed by atoms with Gasteiger partial charge >= 0.3 is 0 Å². The van der Waals surface area contributed by atoms with Crippen molar-refractivity contribution in [1.29, 1.82) is 0 Å². The molecule has 0 bridgehead atoms. The summed E-state index contributed by atoms with van der Waals surface area (Å²) in [5.41, 5.74) is 7.64. The number of carbonyl (C=O) groups excluding carboxylic acids is 3. The van der Waals surface area contributed by atoms with Crippen LogP contribution in [0.4, 0.5) is 5.69 Å². The number of hydrazine groups is 1. The minimum atomic E-state index is -0.804. The number of anilines is 1. The number of ether oxygens (including phenoxy) is 1. The fourth-order valence-electron chi connectivity index (χ4n) is 2.91. The maximum Gasteiger partial charge on any atom is 0.279 e. The van der Waals surface area contributed by atoms with Crippen LogP contribution in [0.2, 0.25) is 0 Å². The third kappa shape index (κ3) is 6.61. The quantitative estimate of drug-likeness (QED) is 0.337. The van der Waals surface area contributed by atoms with Crippen LogP contribution in [0.3, 0.4) is 0 Å². The van der Waals surface area contributed by atoms with Gasteiger partial charge < -0.3 is 14.6 Å². The molecule has 0 unspecified atom stereocenters. The molecule has 0 aliphatic carbocycles. The van der Waals surface area contributed by atoms with Crippen LogP contribution in [-0.2, 0) is 16.6 Å². The summed E-state index contributed by atoms with van der Waals surface area (Å²) >= 11 is 1.33. The maximum absolute atomic E-state index is 12.4. The molecule has 0 aliphatic rings. The number of aromatic nitrogens is 2. The van der Waals surface area contributed by atoms with Crippen LogP contribution in [0.5, 0.6) is 5.75 Å². The number of aryl methyl sites for hydroxylation is 2. The van der Waals surface area contributed by atoms with Crippen molar-refractivity contribution >= 4 is 35.2 Å². The smallest absolute Gasteiger partial charge is 0.279 e. The van der Waals surface area contributed by atoms with Gasteiger partial charge in [-0.1, -0.05) is 23.9 Å². The number of nitrogens with one attached hydrogen (secondary N) is 3. The number of rotatable bonds is 8. The number of benzene rings is 2. The summed E-state index contributed by atoms with van der Waals surface area (Å²) in [5, 5.41) is 3.52. The molecule has 10 heteroatoms. The second kappa shape index (κ2) is 11.4. The van der Waals surface area contributed by atoms with E-state index >= 15 is 0 Å². The fraction of sp³-hybridized carbons (Fsp3) is 0.250. The number of amides is 3. The highest BCUT2D eigenvalue weighted by Gasteiger charge is 2.17. The Morgan fingerprint density at radius 3 is 2.50 bits per heavy atom. The summed E-state index contributed by atoms with van der Waals surface area (Å²) in [7, 11) is 1.86. The first-order valence-corrected chi connectivity index (χ1v) is 11.6. The molecule has 1 atom stereocenters. The maximum atomic E-state index is 12.4. The zero-order valence-corrected chi connectivity index (χ0v) is 20.2. The molecule has 0 saturated carbocycles. The van der Waals surface area contributed by atoms with E-state index in [1.807, 2.05) is 43.8 Å². The molecule has 0 spiro atoms. The van der Waals surface area contributed by atoms with Crippen molar-refractivity contribution in [3.63, 3.8) is 0 Å². The molecule has 3 rings (SSSR count). The average Bonchev–Trinajstić information content (AvgIpc) is 3.24. The minimum Gasteiger partial charge on any atom is -0.481 e. The van der Waals surface area contributed by atoms with E-state index in [9.17, 15) is 14.4 Å². The first-order valence-electron chi connectivity index (χ1n) is 10.6. The summed E-state index contributed by atoms with van der Waals surface area (Å²) in [4.78, 5) is 41.0. The summed E-state index contributed by atoms with van der Waals surface area (Å²) in [6.07, 6.45) is 2.68. The highest BCUT2D eigenvalue weighted by Crippen LogP contribution is 2.21. The first kappa shape index (κ1) is 24.8. The summed E-state index contributed by atoms with van der Waals surface area (Å²) < 4.78 is 7.55. The molecule has 3 N–H and O–H groups in total. The third-order valence-corrected chi connectivity index (χ3v) is 6.13. The van der Waals surface area contributed by atoms with Crippen LogP contribution in [0.15, 0.2) is 60.0 Å². The molecule has 1 aromatic heterocycles. The van der Waals surface area contributed by atoms with Crippen LogP contribution in [0, 0.1) is 13.8 Å². The Bertz CT molecular complexity index is 1180. The van der Waals surface area contributed by atoms with Crippen LogP contribution in [0.25, 0.3) is 0 Å². The van der Waals surface area contributed by atoms with E-state index in [4.69, 9.17) is 4.74 Å². The lowest BCUT2D eigenvalue weighted by atomic mass is 10.1. The van der Waals surface area contributed by atoms with Crippen LogP contribution < -0.4 is 20.9 Å². The van der Waals surface area contributed by atoms with Crippen molar-refractivity contribution in [3.8, 4) is 5.75 Å². The molecule has 2 aromatic carbocycles. The van der Waals surface area contributed by atoms with Crippen LogP contribution in [-0.4, -0.2) is 39.1 Å². The van der Waals surface area contributed by atoms with Crippen molar-refractivity contribution in [2.24, 2.45) is 7.05 Å². The molecule has 0 aliphatic heterocycles. The molecule has 0 radical (unpaired) electrons. The summed E-state index contributed by atoms with van der Waals surface area (Å²) in [6.45, 7) is 5.49. The molecule has 3 amide bonds. The largest absolute Gasteiger partial charge is 0.481 e. The molecule has 34 heavy (non-hydrogen) atoms. The van der Waals surface area contributed by atoms with E-state index in [1.165, 1.54) is 11.8 Å². The van der Waals surface area contributed by atoms with Crippen molar-refractivity contribution in [2.45, 2.75) is 32.0 Å². The van der Waals surface area contributed by atoms with Gasteiger partial charge in [0.2, 0.25) is 5.91 Å². The predicted octanol–water partition coefficient (Wildman–Crippen LogP) is 3.00. The van der Waals surface area contributed by atoms with Gasteiger partial charge in [0, 0.05) is 30.7 Å². The molecule has 9 nitrogen and oxygen atoms in total. The zero-order valence-electron chi connectivity index (χ0n) is 19.4. The molecule has 0 saturated heterocycles. The highest BCUT2D eigenvalue weighted by molar-refractivity contribution is 7.99. The number of hydrogen-bond donors (Lipinski definition) is 3. The topological polar surface area (TPSA) is 114 Å². The lowest BCUT2D eigenvalue weighted by molar-refractivity contribution is -0.128. The predicted molar refractivity (Wildman–Crippen MR) is 131 cm³/mol. The van der Waals surface area contributed by atoms with Crippen molar-refractivity contribution in [2.75, 3.05) is 11.1 Å². The average molecular weight is 482 g/mol. The van der Waals surface area contributed by atoms with E-state index in [0.29, 0.717) is 17.0 Å². The normalized spacial score (nSPS) is 11.4. The fourth-order valence-corrected chi connectivity index (χ4v) is 3.64. The Balaban J connectivity index is 1.45. The van der Waals surface area contributed by atoms with Gasteiger partial charge in [-0.15, -0.1) is 0 Å². The van der Waals surface area contributed by atoms with Gasteiger partial charge in [-0.05, 0) is 62.2 Å². The minimum absolute atomic E-state index is 0.185. The number of carbonyl (C=O) groups is 3. The highest BCUT2D eigenvalue weighted by atomic mass is 32.2. The summed E-state index contributed by atoms with van der Waals surface area (Å²) in [5.74, 6) is -0.333. The second-order valence-corrected chi connectivity index (χ2v) is 8.58. The van der Waals surface area contributed by atoms with Gasteiger partial charge in [-0.2, -0.15) is 0 Å². The molecule has 178 valence electrons. The molecule has 3 aromatic rings.